The Kier molecular flexibility index (Phi) is 7.47. The lowest BCUT2D eigenvalue weighted by atomic mass is 10.1. The number of methoxy groups -OCH3 is 1. The molecule has 4 aromatic rings. The number of halogens is 1. The minimum absolute atomic E-state index is 0.0265. The van der Waals surface area contributed by atoms with Crippen molar-refractivity contribution in [1.29, 1.82) is 0 Å². The van der Waals surface area contributed by atoms with Crippen LogP contribution in [0.5, 0.6) is 11.5 Å². The molecule has 0 atom stereocenters. The second-order valence-electron chi connectivity index (χ2n) is 7.60. The third-order valence-corrected chi connectivity index (χ3v) is 5.56. The van der Waals surface area contributed by atoms with Gasteiger partial charge in [-0.05, 0) is 42.0 Å². The van der Waals surface area contributed by atoms with Gasteiger partial charge in [-0.2, -0.15) is 0 Å². The van der Waals surface area contributed by atoms with Gasteiger partial charge in [-0.1, -0.05) is 41.9 Å². The zero-order valence-electron chi connectivity index (χ0n) is 18.5. The Bertz CT molecular complexity index is 1220. The van der Waals surface area contributed by atoms with E-state index in [1.54, 1.807) is 19.2 Å². The molecule has 0 bridgehead atoms. The van der Waals surface area contributed by atoms with Crippen LogP contribution in [0.1, 0.15) is 11.4 Å². The highest BCUT2D eigenvalue weighted by atomic mass is 35.5. The molecular weight excluding hydrogens is 438 g/mol. The molecule has 4 rings (SSSR count). The number of rotatable bonds is 10. The largest absolute Gasteiger partial charge is 0.497 e. The standard InChI is InChI=1S/C26H26ClN3O3/c1-32-21-5-4-6-22(18-21)33-16-15-30-24-8-3-2-7-23(24)29-25(30)13-14-28-26(31)17-19-9-11-20(27)12-10-19/h2-12,18H,13-17H2,1H3,(H,28,31). The van der Waals surface area contributed by atoms with E-state index in [1.807, 2.05) is 54.6 Å². The van der Waals surface area contributed by atoms with E-state index in [0.717, 1.165) is 33.9 Å². The van der Waals surface area contributed by atoms with E-state index in [0.29, 0.717) is 37.6 Å². The zero-order valence-corrected chi connectivity index (χ0v) is 19.2. The van der Waals surface area contributed by atoms with Crippen molar-refractivity contribution in [2.24, 2.45) is 0 Å². The lowest BCUT2D eigenvalue weighted by Gasteiger charge is -2.12. The number of benzene rings is 3. The van der Waals surface area contributed by atoms with E-state index in [-0.39, 0.29) is 5.91 Å². The molecular formula is C26H26ClN3O3. The molecule has 1 N–H and O–H groups in total. The Labute approximate surface area is 198 Å². The summed E-state index contributed by atoms with van der Waals surface area (Å²) in [6.45, 7) is 1.64. The van der Waals surface area contributed by atoms with Crippen LogP contribution in [0.15, 0.2) is 72.8 Å². The van der Waals surface area contributed by atoms with Gasteiger partial charge in [0.2, 0.25) is 5.91 Å². The monoisotopic (exact) mass is 463 g/mol. The number of hydrogen-bond donors (Lipinski definition) is 1. The summed E-state index contributed by atoms with van der Waals surface area (Å²) in [5.74, 6) is 2.41. The Morgan fingerprint density at radius 1 is 1.03 bits per heavy atom. The summed E-state index contributed by atoms with van der Waals surface area (Å²) in [7, 11) is 1.64. The van der Waals surface area contributed by atoms with E-state index in [4.69, 9.17) is 26.1 Å². The quantitative estimate of drug-likeness (QED) is 0.371. The number of nitrogens with zero attached hydrogens (tertiary/aromatic N) is 2. The van der Waals surface area contributed by atoms with E-state index in [9.17, 15) is 4.79 Å². The summed E-state index contributed by atoms with van der Waals surface area (Å²) in [4.78, 5) is 17.1. The molecule has 0 fully saturated rings. The van der Waals surface area contributed by atoms with Crippen LogP contribution in [0.2, 0.25) is 5.02 Å². The van der Waals surface area contributed by atoms with Crippen LogP contribution in [0.25, 0.3) is 11.0 Å². The fourth-order valence-electron chi connectivity index (χ4n) is 3.68. The molecule has 1 aromatic heterocycles. The lowest BCUT2D eigenvalue weighted by Crippen LogP contribution is -2.28. The van der Waals surface area contributed by atoms with E-state index >= 15 is 0 Å². The van der Waals surface area contributed by atoms with E-state index in [1.165, 1.54) is 0 Å². The molecule has 0 spiro atoms. The third kappa shape index (κ3) is 6.05. The van der Waals surface area contributed by atoms with E-state index < -0.39 is 0 Å². The first kappa shape index (κ1) is 22.7. The van der Waals surface area contributed by atoms with Gasteiger partial charge in [0.25, 0.3) is 0 Å². The molecule has 33 heavy (non-hydrogen) atoms. The molecule has 1 amide bonds. The molecule has 6 nitrogen and oxygen atoms in total. The van der Waals surface area contributed by atoms with Crippen molar-refractivity contribution >= 4 is 28.5 Å². The predicted molar refractivity (Wildman–Crippen MR) is 130 cm³/mol. The Hall–Kier alpha value is -3.51. The van der Waals surface area contributed by atoms with Gasteiger partial charge in [0.1, 0.15) is 23.9 Å². The number of carbonyl (C=O) groups is 1. The van der Waals surface area contributed by atoms with Crippen LogP contribution >= 0.6 is 11.6 Å². The highest BCUT2D eigenvalue weighted by molar-refractivity contribution is 6.30. The molecule has 0 saturated carbocycles. The van der Waals surface area contributed by atoms with Crippen LogP contribution in [-0.2, 0) is 24.2 Å². The Morgan fingerprint density at radius 2 is 1.82 bits per heavy atom. The fraction of sp³-hybridized carbons (Fsp3) is 0.231. The number of para-hydroxylation sites is 2. The highest BCUT2D eigenvalue weighted by Crippen LogP contribution is 2.20. The van der Waals surface area contributed by atoms with E-state index in [2.05, 4.69) is 16.0 Å². The predicted octanol–water partition coefficient (Wildman–Crippen LogP) is 4.68. The fourth-order valence-corrected chi connectivity index (χ4v) is 3.80. The molecule has 0 aliphatic carbocycles. The molecule has 7 heteroatoms. The minimum Gasteiger partial charge on any atom is -0.497 e. The van der Waals surface area contributed by atoms with Gasteiger partial charge in [0.05, 0.1) is 31.1 Å². The number of aromatic nitrogens is 2. The second-order valence-corrected chi connectivity index (χ2v) is 8.04. The number of carbonyl (C=O) groups excluding carboxylic acids is 1. The van der Waals surface area contributed by atoms with Gasteiger partial charge in [-0.15, -0.1) is 0 Å². The van der Waals surface area contributed by atoms with Crippen molar-refractivity contribution in [3.05, 3.63) is 89.2 Å². The maximum absolute atomic E-state index is 12.3. The number of ether oxygens (including phenoxy) is 2. The molecule has 0 saturated heterocycles. The van der Waals surface area contributed by atoms with Gasteiger partial charge in [0.15, 0.2) is 0 Å². The number of hydrogen-bond acceptors (Lipinski definition) is 4. The number of imidazole rings is 1. The van der Waals surface area contributed by atoms with Gasteiger partial charge in [-0.3, -0.25) is 4.79 Å². The average molecular weight is 464 g/mol. The molecule has 0 aliphatic heterocycles. The van der Waals surface area contributed by atoms with Gasteiger partial charge >= 0.3 is 0 Å². The van der Waals surface area contributed by atoms with Crippen LogP contribution in [-0.4, -0.2) is 35.7 Å². The van der Waals surface area contributed by atoms with Gasteiger partial charge in [0, 0.05) is 24.1 Å². The molecule has 0 aliphatic rings. The maximum atomic E-state index is 12.3. The minimum atomic E-state index is -0.0265. The van der Waals surface area contributed by atoms with Crippen molar-refractivity contribution in [1.82, 2.24) is 14.9 Å². The first-order valence-corrected chi connectivity index (χ1v) is 11.2. The molecule has 0 radical (unpaired) electrons. The van der Waals surface area contributed by atoms with Crippen molar-refractivity contribution in [2.75, 3.05) is 20.3 Å². The third-order valence-electron chi connectivity index (χ3n) is 5.31. The van der Waals surface area contributed by atoms with Crippen LogP contribution in [0.3, 0.4) is 0 Å². The Morgan fingerprint density at radius 3 is 2.64 bits per heavy atom. The number of fused-ring (bicyclic) bond motifs is 1. The number of nitrogens with one attached hydrogen (secondary N) is 1. The topological polar surface area (TPSA) is 65.4 Å². The summed E-state index contributed by atoms with van der Waals surface area (Å²) in [6.07, 6.45) is 0.947. The lowest BCUT2D eigenvalue weighted by molar-refractivity contribution is -0.120. The molecule has 0 unspecified atom stereocenters. The van der Waals surface area contributed by atoms with Crippen molar-refractivity contribution in [3.8, 4) is 11.5 Å². The van der Waals surface area contributed by atoms with Crippen molar-refractivity contribution in [2.45, 2.75) is 19.4 Å². The summed E-state index contributed by atoms with van der Waals surface area (Å²) >= 11 is 5.91. The van der Waals surface area contributed by atoms with Crippen LogP contribution < -0.4 is 14.8 Å². The highest BCUT2D eigenvalue weighted by Gasteiger charge is 2.11. The second kappa shape index (κ2) is 10.9. The Balaban J connectivity index is 1.37. The average Bonchev–Trinajstić information content (AvgIpc) is 3.18. The van der Waals surface area contributed by atoms with Crippen LogP contribution in [0, 0.1) is 0 Å². The molecule has 3 aromatic carbocycles. The van der Waals surface area contributed by atoms with Crippen molar-refractivity contribution in [3.63, 3.8) is 0 Å². The first-order chi connectivity index (χ1) is 16.1. The number of amides is 1. The SMILES string of the molecule is COc1cccc(OCCn2c(CCNC(=O)Cc3ccc(Cl)cc3)nc3ccccc32)c1. The summed E-state index contributed by atoms with van der Waals surface area (Å²) < 4.78 is 13.3. The summed E-state index contributed by atoms with van der Waals surface area (Å²) in [5.41, 5.74) is 2.91. The van der Waals surface area contributed by atoms with Crippen molar-refractivity contribution < 1.29 is 14.3 Å². The maximum Gasteiger partial charge on any atom is 0.224 e. The molecule has 170 valence electrons. The summed E-state index contributed by atoms with van der Waals surface area (Å²) in [6, 6.07) is 22.9. The smallest absolute Gasteiger partial charge is 0.224 e. The normalized spacial score (nSPS) is 10.8. The summed E-state index contributed by atoms with van der Waals surface area (Å²) in [5, 5.41) is 3.65. The van der Waals surface area contributed by atoms with Gasteiger partial charge in [-0.25, -0.2) is 4.98 Å². The first-order valence-electron chi connectivity index (χ1n) is 10.8. The van der Waals surface area contributed by atoms with Crippen LogP contribution in [0.4, 0.5) is 0 Å². The zero-order chi connectivity index (χ0) is 23.0. The molecule has 1 heterocycles. The van der Waals surface area contributed by atoms with Gasteiger partial charge < -0.3 is 19.4 Å².